The number of nitrogens with two attached hydrogens (primary N) is 1. The van der Waals surface area contributed by atoms with E-state index in [1.807, 2.05) is 42.5 Å². The second-order valence-corrected chi connectivity index (χ2v) is 4.47. The molecular weight excluding hydrogens is 218 g/mol. The van der Waals surface area contributed by atoms with Crippen molar-refractivity contribution < 1.29 is 5.11 Å². The second-order valence-electron chi connectivity index (χ2n) is 3.46. The van der Waals surface area contributed by atoms with E-state index in [2.05, 4.69) is 0 Å². The van der Waals surface area contributed by atoms with Crippen molar-refractivity contribution in [3.8, 4) is 5.75 Å². The summed E-state index contributed by atoms with van der Waals surface area (Å²) >= 11 is 1.58. The van der Waals surface area contributed by atoms with Crippen LogP contribution < -0.4 is 5.73 Å². The first-order chi connectivity index (χ1) is 7.77. The predicted molar refractivity (Wildman–Crippen MR) is 68.5 cm³/mol. The topological polar surface area (TPSA) is 46.2 Å². The number of nitrogen functional groups attached to an aromatic ring is 1. The number of anilines is 1. The molecule has 0 atom stereocenters. The summed E-state index contributed by atoms with van der Waals surface area (Å²) in [6.07, 6.45) is 0. The summed E-state index contributed by atoms with van der Waals surface area (Å²) in [6.45, 7) is 0. The van der Waals surface area contributed by atoms with Crippen LogP contribution in [0.2, 0.25) is 0 Å². The molecule has 0 saturated heterocycles. The zero-order valence-electron chi connectivity index (χ0n) is 8.76. The highest BCUT2D eigenvalue weighted by molar-refractivity contribution is 7.98. The lowest BCUT2D eigenvalue weighted by Crippen LogP contribution is -1.91. The molecule has 0 unspecified atom stereocenters. The minimum Gasteiger partial charge on any atom is -0.507 e. The molecule has 0 amide bonds. The van der Waals surface area contributed by atoms with Crippen molar-refractivity contribution in [2.75, 3.05) is 5.73 Å². The van der Waals surface area contributed by atoms with Crippen molar-refractivity contribution in [1.82, 2.24) is 0 Å². The van der Waals surface area contributed by atoms with Gasteiger partial charge in [-0.2, -0.15) is 0 Å². The van der Waals surface area contributed by atoms with Crippen molar-refractivity contribution >= 4 is 17.4 Å². The average Bonchev–Trinajstić information content (AvgIpc) is 2.30. The van der Waals surface area contributed by atoms with Gasteiger partial charge >= 0.3 is 0 Å². The van der Waals surface area contributed by atoms with Crippen LogP contribution in [0.25, 0.3) is 0 Å². The van der Waals surface area contributed by atoms with Crippen molar-refractivity contribution in [2.24, 2.45) is 0 Å². The summed E-state index contributed by atoms with van der Waals surface area (Å²) < 4.78 is 0. The number of thioether (sulfide) groups is 1. The summed E-state index contributed by atoms with van der Waals surface area (Å²) in [7, 11) is 0. The molecule has 82 valence electrons. The van der Waals surface area contributed by atoms with Gasteiger partial charge in [-0.1, -0.05) is 30.3 Å². The monoisotopic (exact) mass is 231 g/mol. The van der Waals surface area contributed by atoms with E-state index in [0.29, 0.717) is 5.75 Å². The Kier molecular flexibility index (Phi) is 3.37. The molecule has 16 heavy (non-hydrogen) atoms. The molecule has 0 heterocycles. The normalized spacial score (nSPS) is 10.2. The van der Waals surface area contributed by atoms with Gasteiger partial charge in [0.05, 0.1) is 0 Å². The number of aromatic hydroxyl groups is 1. The Morgan fingerprint density at radius 2 is 1.69 bits per heavy atom. The van der Waals surface area contributed by atoms with Crippen LogP contribution >= 0.6 is 11.8 Å². The van der Waals surface area contributed by atoms with Crippen LogP contribution in [0.4, 0.5) is 5.69 Å². The summed E-state index contributed by atoms with van der Waals surface area (Å²) in [5, 5.41) is 9.61. The molecule has 0 radical (unpaired) electrons. The maximum atomic E-state index is 9.61. The van der Waals surface area contributed by atoms with Crippen molar-refractivity contribution in [3.05, 3.63) is 54.1 Å². The highest BCUT2D eigenvalue weighted by Gasteiger charge is 2.02. The fraction of sp³-hybridized carbons (Fsp3) is 0.0769. The molecule has 2 aromatic carbocycles. The Hall–Kier alpha value is -1.61. The third kappa shape index (κ3) is 2.49. The van der Waals surface area contributed by atoms with E-state index in [-0.39, 0.29) is 0 Å². The van der Waals surface area contributed by atoms with Crippen LogP contribution in [-0.4, -0.2) is 5.11 Å². The van der Waals surface area contributed by atoms with E-state index in [1.54, 1.807) is 17.8 Å². The second kappa shape index (κ2) is 4.94. The highest BCUT2D eigenvalue weighted by atomic mass is 32.2. The molecule has 0 spiro atoms. The van der Waals surface area contributed by atoms with E-state index in [4.69, 9.17) is 5.73 Å². The van der Waals surface area contributed by atoms with Crippen LogP contribution in [0.3, 0.4) is 0 Å². The lowest BCUT2D eigenvalue weighted by Gasteiger charge is -2.06. The Morgan fingerprint density at radius 1 is 1.00 bits per heavy atom. The summed E-state index contributed by atoms with van der Waals surface area (Å²) in [5.74, 6) is 1.09. The standard InChI is InChI=1S/C13H13NOS/c14-11-6-2-1-5-10(11)9-16-13-8-4-3-7-12(13)15/h1-8,15H,9,14H2. The maximum Gasteiger partial charge on any atom is 0.129 e. The molecular formula is C13H13NOS. The summed E-state index contributed by atoms with van der Waals surface area (Å²) in [5.41, 5.74) is 7.74. The molecule has 0 aliphatic rings. The Labute approximate surface area is 99.1 Å². The van der Waals surface area contributed by atoms with E-state index >= 15 is 0 Å². The lowest BCUT2D eigenvalue weighted by atomic mass is 10.2. The van der Waals surface area contributed by atoms with Gasteiger partial charge in [-0.05, 0) is 23.8 Å². The first kappa shape index (κ1) is 10.9. The Balaban J connectivity index is 2.09. The van der Waals surface area contributed by atoms with Crippen LogP contribution in [-0.2, 0) is 5.75 Å². The first-order valence-electron chi connectivity index (χ1n) is 5.01. The van der Waals surface area contributed by atoms with Gasteiger partial charge in [0.25, 0.3) is 0 Å². The molecule has 2 rings (SSSR count). The first-order valence-corrected chi connectivity index (χ1v) is 6.00. The van der Waals surface area contributed by atoms with Crippen LogP contribution in [0.15, 0.2) is 53.4 Å². The van der Waals surface area contributed by atoms with Crippen LogP contribution in [0.5, 0.6) is 5.75 Å². The minimum absolute atomic E-state index is 0.321. The van der Waals surface area contributed by atoms with Crippen molar-refractivity contribution in [3.63, 3.8) is 0 Å². The molecule has 0 saturated carbocycles. The number of phenols is 1. The summed E-state index contributed by atoms with van der Waals surface area (Å²) in [4.78, 5) is 0.880. The van der Waals surface area contributed by atoms with Gasteiger partial charge in [0.15, 0.2) is 0 Å². The largest absolute Gasteiger partial charge is 0.507 e. The van der Waals surface area contributed by atoms with Crippen LogP contribution in [0, 0.1) is 0 Å². The van der Waals surface area contributed by atoms with E-state index in [1.165, 1.54) is 0 Å². The Bertz CT molecular complexity index is 439. The maximum absolute atomic E-state index is 9.61. The number of hydrogen-bond donors (Lipinski definition) is 2. The summed E-state index contributed by atoms with van der Waals surface area (Å²) in [6, 6.07) is 15.1. The smallest absolute Gasteiger partial charge is 0.129 e. The number of phenolic OH excluding ortho intramolecular Hbond substituents is 1. The van der Waals surface area contributed by atoms with E-state index in [0.717, 1.165) is 21.9 Å². The van der Waals surface area contributed by atoms with Crippen molar-refractivity contribution in [1.29, 1.82) is 0 Å². The van der Waals surface area contributed by atoms with Crippen LogP contribution in [0.1, 0.15) is 5.56 Å². The number of rotatable bonds is 3. The van der Waals surface area contributed by atoms with Gasteiger partial charge in [-0.3, -0.25) is 0 Å². The molecule has 0 bridgehead atoms. The minimum atomic E-state index is 0.321. The lowest BCUT2D eigenvalue weighted by molar-refractivity contribution is 0.462. The van der Waals surface area contributed by atoms with Gasteiger partial charge in [-0.15, -0.1) is 11.8 Å². The quantitative estimate of drug-likeness (QED) is 0.629. The fourth-order valence-electron chi connectivity index (χ4n) is 1.40. The molecule has 2 nitrogen and oxygen atoms in total. The van der Waals surface area contributed by atoms with Gasteiger partial charge in [0.1, 0.15) is 5.75 Å². The fourth-order valence-corrected chi connectivity index (χ4v) is 2.36. The molecule has 0 aliphatic heterocycles. The van der Waals surface area contributed by atoms with Gasteiger partial charge in [0.2, 0.25) is 0 Å². The van der Waals surface area contributed by atoms with E-state index in [9.17, 15) is 5.11 Å². The zero-order chi connectivity index (χ0) is 11.4. The zero-order valence-corrected chi connectivity index (χ0v) is 9.58. The highest BCUT2D eigenvalue weighted by Crippen LogP contribution is 2.31. The number of benzene rings is 2. The molecule has 3 N–H and O–H groups in total. The number of para-hydroxylation sites is 2. The van der Waals surface area contributed by atoms with E-state index < -0.39 is 0 Å². The molecule has 3 heteroatoms. The molecule has 0 aliphatic carbocycles. The van der Waals surface area contributed by atoms with Crippen molar-refractivity contribution in [2.45, 2.75) is 10.6 Å². The third-order valence-electron chi connectivity index (χ3n) is 2.30. The SMILES string of the molecule is Nc1ccccc1CSc1ccccc1O. The Morgan fingerprint density at radius 3 is 2.44 bits per heavy atom. The van der Waals surface area contributed by atoms with Gasteiger partial charge < -0.3 is 10.8 Å². The number of hydrogen-bond acceptors (Lipinski definition) is 3. The molecule has 2 aromatic rings. The van der Waals surface area contributed by atoms with Gasteiger partial charge in [0, 0.05) is 16.3 Å². The average molecular weight is 231 g/mol. The third-order valence-corrected chi connectivity index (χ3v) is 3.42. The predicted octanol–water partition coefficient (Wildman–Crippen LogP) is 3.27. The van der Waals surface area contributed by atoms with Gasteiger partial charge in [-0.25, -0.2) is 0 Å². The molecule has 0 fully saturated rings. The molecule has 0 aromatic heterocycles.